The first-order valence-electron chi connectivity index (χ1n) is 10.6. The third-order valence-electron chi connectivity index (χ3n) is 5.79. The number of fused-ring (bicyclic) bond motifs is 1. The van der Waals surface area contributed by atoms with Gasteiger partial charge in [0.1, 0.15) is 11.9 Å². The molecule has 1 aliphatic heterocycles. The summed E-state index contributed by atoms with van der Waals surface area (Å²) in [7, 11) is 0. The molecule has 0 amide bonds. The van der Waals surface area contributed by atoms with Crippen molar-refractivity contribution in [2.45, 2.75) is 16.2 Å². The van der Waals surface area contributed by atoms with Crippen molar-refractivity contribution in [1.29, 1.82) is 0 Å². The van der Waals surface area contributed by atoms with E-state index in [0.717, 1.165) is 16.0 Å². The summed E-state index contributed by atoms with van der Waals surface area (Å²) in [5.74, 6) is 0.314. The molecule has 1 aliphatic rings. The maximum atomic E-state index is 14.0. The lowest BCUT2D eigenvalue weighted by molar-refractivity contribution is 0.0649. The normalized spacial score (nSPS) is 18.4. The second kappa shape index (κ2) is 8.93. The van der Waals surface area contributed by atoms with E-state index in [4.69, 9.17) is 10.5 Å². The zero-order valence-electron chi connectivity index (χ0n) is 17.4. The Morgan fingerprint density at radius 2 is 1.38 bits per heavy atom. The van der Waals surface area contributed by atoms with E-state index in [9.17, 15) is 4.79 Å². The average molecular weight is 438 g/mol. The molecule has 32 heavy (non-hydrogen) atoms. The number of nitrogens with two attached hydrogens (primary N) is 1. The maximum absolute atomic E-state index is 14.0. The van der Waals surface area contributed by atoms with Crippen LogP contribution in [0.25, 0.3) is 0 Å². The number of anilines is 1. The van der Waals surface area contributed by atoms with Crippen LogP contribution in [0.15, 0.2) is 114 Å². The molecule has 5 rings (SSSR count). The summed E-state index contributed by atoms with van der Waals surface area (Å²) < 4.78 is 6.51. The van der Waals surface area contributed by atoms with Gasteiger partial charge in [0.15, 0.2) is 5.78 Å². The molecule has 0 fully saturated rings. The molecule has 3 nitrogen and oxygen atoms in total. The fraction of sp³-hybridized carbons (Fsp3) is 0.107. The van der Waals surface area contributed by atoms with Crippen molar-refractivity contribution in [2.24, 2.45) is 5.92 Å². The van der Waals surface area contributed by atoms with Gasteiger partial charge in [0.25, 0.3) is 0 Å². The third kappa shape index (κ3) is 3.90. The fourth-order valence-electron chi connectivity index (χ4n) is 4.23. The van der Waals surface area contributed by atoms with Crippen molar-refractivity contribution in [3.05, 3.63) is 126 Å². The number of carbonyl (C=O) groups is 1. The van der Waals surface area contributed by atoms with Crippen LogP contribution in [0.3, 0.4) is 0 Å². The molecule has 1 heterocycles. The number of hydrogen-bond donors (Lipinski definition) is 1. The first-order chi connectivity index (χ1) is 15.7. The van der Waals surface area contributed by atoms with Gasteiger partial charge in [-0.05, 0) is 35.4 Å². The maximum Gasteiger partial charge on any atom is 0.175 e. The molecule has 0 bridgehead atoms. The van der Waals surface area contributed by atoms with E-state index in [1.54, 1.807) is 11.8 Å². The van der Waals surface area contributed by atoms with Crippen LogP contribution < -0.4 is 10.5 Å². The van der Waals surface area contributed by atoms with Crippen LogP contribution in [-0.4, -0.2) is 5.78 Å². The van der Waals surface area contributed by atoms with Crippen molar-refractivity contribution in [1.82, 2.24) is 0 Å². The minimum atomic E-state index is -0.417. The van der Waals surface area contributed by atoms with E-state index in [1.807, 2.05) is 97.1 Å². The van der Waals surface area contributed by atoms with Gasteiger partial charge in [0, 0.05) is 15.8 Å². The lowest BCUT2D eigenvalue weighted by Gasteiger charge is -2.37. The summed E-state index contributed by atoms with van der Waals surface area (Å²) in [4.78, 5) is 14.9. The molecule has 0 spiro atoms. The standard InChI is InChI=1S/C28H23NO2S/c29-22-16-8-10-18-24(22)32-28(20-13-5-2-6-14-20)25-26(30)21-15-7-9-17-23(21)31-27(25)19-11-3-1-4-12-19/h1-18,25,27-28H,29H2. The van der Waals surface area contributed by atoms with E-state index in [2.05, 4.69) is 12.1 Å². The number of Topliss-reactive ketones (excluding diaryl/α,β-unsaturated/α-hetero) is 1. The van der Waals surface area contributed by atoms with Crippen molar-refractivity contribution in [3.8, 4) is 5.75 Å². The molecule has 0 saturated heterocycles. The van der Waals surface area contributed by atoms with E-state index in [1.165, 1.54) is 0 Å². The fourth-order valence-corrected chi connectivity index (χ4v) is 5.57. The Balaban J connectivity index is 1.66. The molecule has 3 unspecified atom stereocenters. The Labute approximate surface area is 192 Å². The highest BCUT2D eigenvalue weighted by molar-refractivity contribution is 7.99. The Morgan fingerprint density at radius 1 is 0.750 bits per heavy atom. The van der Waals surface area contributed by atoms with Gasteiger partial charge < -0.3 is 10.5 Å². The molecule has 0 radical (unpaired) electrons. The largest absolute Gasteiger partial charge is 0.484 e. The highest BCUT2D eigenvalue weighted by Gasteiger charge is 2.44. The van der Waals surface area contributed by atoms with E-state index in [-0.39, 0.29) is 11.0 Å². The monoisotopic (exact) mass is 437 g/mol. The van der Waals surface area contributed by atoms with Crippen LogP contribution in [0.2, 0.25) is 0 Å². The number of hydrogen-bond acceptors (Lipinski definition) is 4. The molecule has 2 N–H and O–H groups in total. The van der Waals surface area contributed by atoms with Gasteiger partial charge in [0.05, 0.1) is 11.5 Å². The van der Waals surface area contributed by atoms with Crippen molar-refractivity contribution in [2.75, 3.05) is 5.73 Å². The molecule has 4 heteroatoms. The zero-order valence-corrected chi connectivity index (χ0v) is 18.2. The quantitative estimate of drug-likeness (QED) is 0.278. The zero-order chi connectivity index (χ0) is 21.9. The highest BCUT2D eigenvalue weighted by atomic mass is 32.2. The molecule has 4 aromatic carbocycles. The van der Waals surface area contributed by atoms with Crippen LogP contribution >= 0.6 is 11.8 Å². The molecule has 0 aromatic heterocycles. The Hall–Kier alpha value is -3.50. The second-order valence-corrected chi connectivity index (χ2v) is 9.01. The van der Waals surface area contributed by atoms with Gasteiger partial charge in [-0.25, -0.2) is 0 Å². The van der Waals surface area contributed by atoms with E-state index >= 15 is 0 Å². The minimum Gasteiger partial charge on any atom is -0.484 e. The number of para-hydroxylation sites is 2. The van der Waals surface area contributed by atoms with Gasteiger partial charge in [-0.2, -0.15) is 0 Å². The summed E-state index contributed by atoms with van der Waals surface area (Å²) in [5.41, 5.74) is 9.70. The minimum absolute atomic E-state index is 0.0940. The SMILES string of the molecule is Nc1ccccc1SC(c1ccccc1)C1C(=O)c2ccccc2OC1c1ccccc1. The van der Waals surface area contributed by atoms with Gasteiger partial charge >= 0.3 is 0 Å². The number of benzene rings is 4. The summed E-state index contributed by atoms with van der Waals surface area (Å²) >= 11 is 1.63. The Bertz CT molecular complexity index is 1230. The summed E-state index contributed by atoms with van der Waals surface area (Å²) in [6, 6.07) is 35.5. The van der Waals surface area contributed by atoms with Crippen LogP contribution in [0.1, 0.15) is 32.8 Å². The number of nitrogen functional groups attached to an aromatic ring is 1. The van der Waals surface area contributed by atoms with Crippen molar-refractivity contribution < 1.29 is 9.53 Å². The second-order valence-electron chi connectivity index (χ2n) is 7.82. The molecule has 4 aromatic rings. The van der Waals surface area contributed by atoms with E-state index in [0.29, 0.717) is 17.0 Å². The lowest BCUT2D eigenvalue weighted by atomic mass is 9.81. The van der Waals surface area contributed by atoms with Gasteiger partial charge in [0.2, 0.25) is 0 Å². The average Bonchev–Trinajstić information content (AvgIpc) is 2.85. The first-order valence-corrected chi connectivity index (χ1v) is 11.5. The summed E-state index contributed by atoms with van der Waals surface area (Å²) in [6.07, 6.45) is -0.402. The smallest absolute Gasteiger partial charge is 0.175 e. The lowest BCUT2D eigenvalue weighted by Crippen LogP contribution is -2.35. The molecule has 158 valence electrons. The topological polar surface area (TPSA) is 52.3 Å². The number of ether oxygens (including phenoxy) is 1. The number of ketones is 1. The molecule has 0 saturated carbocycles. The molecular formula is C28H23NO2S. The first kappa shape index (κ1) is 20.4. The molecule has 0 aliphatic carbocycles. The predicted octanol–water partition coefficient (Wildman–Crippen LogP) is 6.74. The van der Waals surface area contributed by atoms with Crippen LogP contribution in [-0.2, 0) is 0 Å². The van der Waals surface area contributed by atoms with Crippen molar-refractivity contribution >= 4 is 23.2 Å². The molecule has 3 atom stereocenters. The Kier molecular flexibility index (Phi) is 5.70. The Morgan fingerprint density at radius 3 is 2.12 bits per heavy atom. The number of rotatable bonds is 5. The van der Waals surface area contributed by atoms with Gasteiger partial charge in [-0.3, -0.25) is 4.79 Å². The van der Waals surface area contributed by atoms with Crippen LogP contribution in [0.5, 0.6) is 5.75 Å². The predicted molar refractivity (Wildman–Crippen MR) is 130 cm³/mol. The summed E-state index contributed by atoms with van der Waals surface area (Å²) in [5, 5.41) is -0.174. The highest BCUT2D eigenvalue weighted by Crippen LogP contribution is 2.51. The number of thioether (sulfide) groups is 1. The van der Waals surface area contributed by atoms with Gasteiger partial charge in [-0.1, -0.05) is 84.9 Å². The molecular weight excluding hydrogens is 414 g/mol. The van der Waals surface area contributed by atoms with Gasteiger partial charge in [-0.15, -0.1) is 11.8 Å². The van der Waals surface area contributed by atoms with E-state index < -0.39 is 12.0 Å². The van der Waals surface area contributed by atoms with Crippen LogP contribution in [0, 0.1) is 5.92 Å². The van der Waals surface area contributed by atoms with Crippen molar-refractivity contribution in [3.63, 3.8) is 0 Å². The summed E-state index contributed by atoms with van der Waals surface area (Å²) in [6.45, 7) is 0. The third-order valence-corrected chi connectivity index (χ3v) is 7.24. The van der Waals surface area contributed by atoms with Crippen LogP contribution in [0.4, 0.5) is 5.69 Å². The number of carbonyl (C=O) groups excluding carboxylic acids is 1.